The van der Waals surface area contributed by atoms with Gasteiger partial charge in [0.15, 0.2) is 5.82 Å². The van der Waals surface area contributed by atoms with Gasteiger partial charge in [-0.05, 0) is 44.5 Å². The highest BCUT2D eigenvalue weighted by atomic mass is 35.5. The molecule has 24 heavy (non-hydrogen) atoms. The van der Waals surface area contributed by atoms with E-state index in [9.17, 15) is 4.79 Å². The molecule has 1 aromatic heterocycles. The van der Waals surface area contributed by atoms with Crippen molar-refractivity contribution in [1.82, 2.24) is 10.1 Å². The largest absolute Gasteiger partial charge is 0.457 e. The molecule has 0 saturated carbocycles. The van der Waals surface area contributed by atoms with Gasteiger partial charge in [0.2, 0.25) is 5.89 Å². The summed E-state index contributed by atoms with van der Waals surface area (Å²) in [5.41, 5.74) is 0.544. The van der Waals surface area contributed by atoms with E-state index in [0.717, 1.165) is 5.56 Å². The summed E-state index contributed by atoms with van der Waals surface area (Å²) in [4.78, 5) is 16.1. The van der Waals surface area contributed by atoms with Gasteiger partial charge in [-0.3, -0.25) is 0 Å². The normalized spacial score (nSPS) is 11.4. The smallest absolute Gasteiger partial charge is 0.334 e. The van der Waals surface area contributed by atoms with Crippen molar-refractivity contribution < 1.29 is 14.1 Å². The molecular weight excluding hydrogens is 351 g/mol. The second kappa shape index (κ2) is 7.36. The van der Waals surface area contributed by atoms with Crippen molar-refractivity contribution >= 4 is 29.2 Å². The number of benzene rings is 1. The van der Waals surface area contributed by atoms with Crippen LogP contribution in [0.4, 0.5) is 0 Å². The lowest BCUT2D eigenvalue weighted by atomic mass is 10.1. The molecule has 0 aliphatic heterocycles. The number of halogens is 2. The topological polar surface area (TPSA) is 65.2 Å². The first kappa shape index (κ1) is 18.5. The quantitative estimate of drug-likeness (QED) is 0.577. The van der Waals surface area contributed by atoms with Gasteiger partial charge < -0.3 is 9.26 Å². The van der Waals surface area contributed by atoms with Gasteiger partial charge in [0.25, 0.3) is 0 Å². The van der Waals surface area contributed by atoms with Crippen molar-refractivity contribution in [3.63, 3.8) is 0 Å². The zero-order chi connectivity index (χ0) is 17.9. The van der Waals surface area contributed by atoms with Crippen molar-refractivity contribution in [3.8, 4) is 0 Å². The third-order valence-electron chi connectivity index (χ3n) is 2.85. The number of ether oxygens (including phenoxy) is 1. The summed E-state index contributed by atoms with van der Waals surface area (Å²) in [6.45, 7) is 9.09. The molecule has 0 spiro atoms. The zero-order valence-electron chi connectivity index (χ0n) is 13.7. The van der Waals surface area contributed by atoms with E-state index < -0.39 is 11.6 Å². The molecule has 128 valence electrons. The van der Waals surface area contributed by atoms with Crippen molar-refractivity contribution in [3.05, 3.63) is 57.7 Å². The molecule has 0 fully saturated rings. The molecule has 0 bridgehead atoms. The highest BCUT2D eigenvalue weighted by Crippen LogP contribution is 2.21. The van der Waals surface area contributed by atoms with Crippen LogP contribution >= 0.6 is 23.2 Å². The van der Waals surface area contributed by atoms with E-state index in [-0.39, 0.29) is 12.0 Å². The van der Waals surface area contributed by atoms with E-state index in [1.807, 2.05) is 0 Å². The molecule has 0 aliphatic carbocycles. The Morgan fingerprint density at radius 3 is 2.46 bits per heavy atom. The van der Waals surface area contributed by atoms with Crippen LogP contribution in [0.2, 0.25) is 10.0 Å². The first-order chi connectivity index (χ1) is 11.1. The summed E-state index contributed by atoms with van der Waals surface area (Å²) in [7, 11) is 0. The zero-order valence-corrected chi connectivity index (χ0v) is 15.2. The number of nitrogens with zero attached hydrogens (tertiary/aromatic N) is 2. The van der Waals surface area contributed by atoms with E-state index in [1.54, 1.807) is 39.0 Å². The van der Waals surface area contributed by atoms with Gasteiger partial charge in [0.05, 0.1) is 6.42 Å². The van der Waals surface area contributed by atoms with Gasteiger partial charge in [-0.1, -0.05) is 34.9 Å². The predicted octanol–water partition coefficient (Wildman–Crippen LogP) is 4.41. The first-order valence-corrected chi connectivity index (χ1v) is 8.05. The minimum absolute atomic E-state index is 0.137. The highest BCUT2D eigenvalue weighted by Gasteiger charge is 2.20. The molecule has 0 atom stereocenters. The van der Waals surface area contributed by atoms with Gasteiger partial charge in [0.1, 0.15) is 5.60 Å². The minimum Gasteiger partial charge on any atom is -0.457 e. The van der Waals surface area contributed by atoms with E-state index in [4.69, 9.17) is 32.5 Å². The Kier molecular flexibility index (Phi) is 5.67. The number of carbonyl (C=O) groups is 1. The molecule has 5 nitrogen and oxygen atoms in total. The minimum atomic E-state index is -0.578. The third kappa shape index (κ3) is 5.65. The predicted molar refractivity (Wildman–Crippen MR) is 92.3 cm³/mol. The number of hydrogen-bond donors (Lipinski definition) is 0. The molecule has 1 heterocycles. The molecule has 0 amide bonds. The van der Waals surface area contributed by atoms with E-state index in [0.29, 0.717) is 28.2 Å². The highest BCUT2D eigenvalue weighted by molar-refractivity contribution is 6.34. The summed E-state index contributed by atoms with van der Waals surface area (Å²) in [5, 5.41) is 4.97. The van der Waals surface area contributed by atoms with Crippen LogP contribution in [0.5, 0.6) is 0 Å². The lowest BCUT2D eigenvalue weighted by Gasteiger charge is -2.19. The fraction of sp³-hybridized carbons (Fsp3) is 0.353. The maximum atomic E-state index is 11.9. The van der Waals surface area contributed by atoms with Crippen molar-refractivity contribution in [1.29, 1.82) is 0 Å². The lowest BCUT2D eigenvalue weighted by Crippen LogP contribution is -2.25. The molecule has 0 aliphatic rings. The Labute approximate surface area is 150 Å². The van der Waals surface area contributed by atoms with Crippen LogP contribution in [0.1, 0.15) is 38.0 Å². The Morgan fingerprint density at radius 1 is 1.25 bits per heavy atom. The fourth-order valence-electron chi connectivity index (χ4n) is 1.93. The molecule has 7 heteroatoms. The number of rotatable bonds is 5. The van der Waals surface area contributed by atoms with Gasteiger partial charge in [-0.25, -0.2) is 4.79 Å². The van der Waals surface area contributed by atoms with Crippen LogP contribution in [0, 0.1) is 0 Å². The number of aromatic nitrogens is 2. The van der Waals surface area contributed by atoms with Crippen LogP contribution in [-0.2, 0) is 22.4 Å². The molecule has 0 N–H and O–H groups in total. The average molecular weight is 369 g/mol. The summed E-state index contributed by atoms with van der Waals surface area (Å²) < 4.78 is 10.4. The molecular formula is C17H18Cl2N2O3. The van der Waals surface area contributed by atoms with Crippen LogP contribution in [0.3, 0.4) is 0 Å². The molecule has 0 unspecified atom stereocenters. The molecule has 0 saturated heterocycles. The van der Waals surface area contributed by atoms with Crippen molar-refractivity contribution in [2.45, 2.75) is 39.2 Å². The summed E-state index contributed by atoms with van der Waals surface area (Å²) in [5.74, 6) is 0.290. The fourth-order valence-corrected chi connectivity index (χ4v) is 2.51. The van der Waals surface area contributed by atoms with Gasteiger partial charge in [-0.2, -0.15) is 4.98 Å². The molecule has 2 aromatic rings. The molecule has 2 rings (SSSR count). The maximum absolute atomic E-state index is 11.9. The number of esters is 1. The standard InChI is InChI=1S/C17H18Cl2N2O3/c1-10(16(22)23-17(2,3)4)5-15-20-14(21-24-15)8-11-6-12(18)9-13(19)7-11/h6-7,9H,1,5,8H2,2-4H3. The Bertz CT molecular complexity index is 743. The first-order valence-electron chi connectivity index (χ1n) is 7.30. The lowest BCUT2D eigenvalue weighted by molar-refractivity contribution is -0.150. The van der Waals surface area contributed by atoms with Crippen LogP contribution in [0.15, 0.2) is 34.9 Å². The monoisotopic (exact) mass is 368 g/mol. The Balaban J connectivity index is 2.00. The summed E-state index contributed by atoms with van der Waals surface area (Å²) in [6.07, 6.45) is 0.556. The Morgan fingerprint density at radius 2 is 1.88 bits per heavy atom. The van der Waals surface area contributed by atoms with Crippen LogP contribution < -0.4 is 0 Å². The van der Waals surface area contributed by atoms with E-state index >= 15 is 0 Å². The summed E-state index contributed by atoms with van der Waals surface area (Å²) >= 11 is 11.9. The van der Waals surface area contributed by atoms with Gasteiger partial charge in [0, 0.05) is 22.0 Å². The van der Waals surface area contributed by atoms with Crippen molar-refractivity contribution in [2.24, 2.45) is 0 Å². The van der Waals surface area contributed by atoms with E-state index in [2.05, 4.69) is 16.7 Å². The van der Waals surface area contributed by atoms with Crippen molar-refractivity contribution in [2.75, 3.05) is 0 Å². The van der Waals surface area contributed by atoms with Crippen LogP contribution in [0.25, 0.3) is 0 Å². The summed E-state index contributed by atoms with van der Waals surface area (Å²) in [6, 6.07) is 5.21. The second-order valence-corrected chi connectivity index (χ2v) is 7.21. The SMILES string of the molecule is C=C(Cc1nc(Cc2cc(Cl)cc(Cl)c2)no1)C(=O)OC(C)(C)C. The Hall–Kier alpha value is -1.85. The second-order valence-electron chi connectivity index (χ2n) is 6.34. The third-order valence-corrected chi connectivity index (χ3v) is 3.28. The number of hydrogen-bond acceptors (Lipinski definition) is 5. The van der Waals surface area contributed by atoms with Gasteiger partial charge >= 0.3 is 5.97 Å². The van der Waals surface area contributed by atoms with E-state index in [1.165, 1.54) is 0 Å². The average Bonchev–Trinajstić information content (AvgIpc) is 2.82. The van der Waals surface area contributed by atoms with Crippen LogP contribution in [-0.4, -0.2) is 21.7 Å². The maximum Gasteiger partial charge on any atom is 0.334 e. The number of carbonyl (C=O) groups excluding carboxylic acids is 1. The molecule has 0 radical (unpaired) electrons. The molecule has 1 aromatic carbocycles. The van der Waals surface area contributed by atoms with Gasteiger partial charge in [-0.15, -0.1) is 0 Å².